The minimum atomic E-state index is -0.803. The highest BCUT2D eigenvalue weighted by Gasteiger charge is 2.39. The summed E-state index contributed by atoms with van der Waals surface area (Å²) in [6, 6.07) is 1.76. The van der Waals surface area contributed by atoms with Gasteiger partial charge in [-0.15, -0.1) is 0 Å². The van der Waals surface area contributed by atoms with Crippen molar-refractivity contribution in [3.8, 4) is 0 Å². The number of likely N-dealkylation sites (tertiary alicyclic amines) is 1. The number of aromatic nitrogens is 1. The maximum atomic E-state index is 12.4. The number of nitrogens with one attached hydrogen (secondary N) is 1. The van der Waals surface area contributed by atoms with Crippen LogP contribution in [0.1, 0.15) is 28.8 Å². The molecule has 0 atom stereocenters. The van der Waals surface area contributed by atoms with Crippen molar-refractivity contribution in [2.75, 3.05) is 20.1 Å². The molecule has 2 rings (SSSR count). The lowest BCUT2D eigenvalue weighted by atomic mass is 9.86. The van der Waals surface area contributed by atoms with E-state index in [1.807, 2.05) is 14.0 Å². The molecule has 2 heterocycles. The number of aryl methyl sites for hydroxylation is 1. The third kappa shape index (κ3) is 3.30. The Morgan fingerprint density at radius 3 is 2.71 bits per heavy atom. The van der Waals surface area contributed by atoms with Crippen molar-refractivity contribution in [2.45, 2.75) is 25.3 Å². The number of nitrogens with two attached hydrogens (primary N) is 1. The van der Waals surface area contributed by atoms with E-state index in [1.54, 1.807) is 12.3 Å². The first-order chi connectivity index (χ1) is 9.97. The van der Waals surface area contributed by atoms with Crippen LogP contribution in [0.15, 0.2) is 23.6 Å². The van der Waals surface area contributed by atoms with Crippen molar-refractivity contribution in [1.29, 1.82) is 0 Å². The van der Waals surface area contributed by atoms with Gasteiger partial charge in [0.2, 0.25) is 0 Å². The Hall–Kier alpha value is -2.15. The van der Waals surface area contributed by atoms with Gasteiger partial charge in [0.05, 0.1) is 5.56 Å². The van der Waals surface area contributed by atoms with Crippen LogP contribution >= 0.6 is 0 Å². The maximum absolute atomic E-state index is 12.4. The number of amides is 1. The molecular formula is C14H21N5O2. The third-order valence-electron chi connectivity index (χ3n) is 3.93. The van der Waals surface area contributed by atoms with E-state index in [4.69, 9.17) is 10.9 Å². The summed E-state index contributed by atoms with van der Waals surface area (Å²) in [6.45, 7) is 3.41. The second kappa shape index (κ2) is 6.09. The Labute approximate surface area is 123 Å². The summed E-state index contributed by atoms with van der Waals surface area (Å²) in [5.41, 5.74) is 6.41. The van der Waals surface area contributed by atoms with Crippen LogP contribution in [0.2, 0.25) is 0 Å². The lowest BCUT2D eigenvalue weighted by Crippen LogP contribution is -2.62. The summed E-state index contributed by atoms with van der Waals surface area (Å²) >= 11 is 0. The summed E-state index contributed by atoms with van der Waals surface area (Å²) in [7, 11) is 2.00. The number of carbonyl (C=O) groups excluding carboxylic acids is 1. The van der Waals surface area contributed by atoms with Crippen LogP contribution in [0.5, 0.6) is 0 Å². The molecule has 114 valence electrons. The highest BCUT2D eigenvalue weighted by molar-refractivity contribution is 6.00. The summed E-state index contributed by atoms with van der Waals surface area (Å²) < 4.78 is 0. The predicted octanol–water partition coefficient (Wildman–Crippen LogP) is 0.331. The predicted molar refractivity (Wildman–Crippen MR) is 79.3 cm³/mol. The Balaban J connectivity index is 2.21. The van der Waals surface area contributed by atoms with Crippen LogP contribution < -0.4 is 11.1 Å². The molecule has 1 fully saturated rings. The molecule has 1 aromatic heterocycles. The van der Waals surface area contributed by atoms with E-state index in [-0.39, 0.29) is 11.7 Å². The molecule has 1 amide bonds. The second-order valence-electron chi connectivity index (χ2n) is 5.58. The smallest absolute Gasteiger partial charge is 0.253 e. The number of piperidine rings is 1. The molecule has 7 heteroatoms. The average Bonchev–Trinajstić information content (AvgIpc) is 2.49. The number of rotatable bonds is 3. The van der Waals surface area contributed by atoms with Crippen LogP contribution in [0.3, 0.4) is 0 Å². The molecule has 0 radical (unpaired) electrons. The van der Waals surface area contributed by atoms with E-state index in [0.29, 0.717) is 18.4 Å². The number of carbonyl (C=O) groups is 1. The average molecular weight is 291 g/mol. The molecule has 4 N–H and O–H groups in total. The van der Waals surface area contributed by atoms with Gasteiger partial charge in [-0.25, -0.2) is 0 Å². The highest BCUT2D eigenvalue weighted by Crippen LogP contribution is 2.22. The number of oxime groups is 1. The van der Waals surface area contributed by atoms with E-state index in [2.05, 4.69) is 20.4 Å². The van der Waals surface area contributed by atoms with Crippen molar-refractivity contribution >= 4 is 11.7 Å². The minimum Gasteiger partial charge on any atom is -0.409 e. The fourth-order valence-corrected chi connectivity index (χ4v) is 2.51. The molecule has 7 nitrogen and oxygen atoms in total. The Bertz CT molecular complexity index is 550. The summed E-state index contributed by atoms with van der Waals surface area (Å²) in [5.74, 6) is -0.216. The van der Waals surface area contributed by atoms with Gasteiger partial charge in [0.25, 0.3) is 5.91 Å². The first-order valence-corrected chi connectivity index (χ1v) is 6.87. The highest BCUT2D eigenvalue weighted by atomic mass is 16.4. The number of hydrogen-bond acceptors (Lipinski definition) is 5. The Kier molecular flexibility index (Phi) is 4.42. The molecular weight excluding hydrogens is 270 g/mol. The minimum absolute atomic E-state index is 0.0459. The number of pyridine rings is 1. The molecule has 0 spiro atoms. The fourth-order valence-electron chi connectivity index (χ4n) is 2.51. The van der Waals surface area contributed by atoms with Crippen LogP contribution in [-0.4, -0.2) is 52.5 Å². The first-order valence-electron chi connectivity index (χ1n) is 6.87. The van der Waals surface area contributed by atoms with Gasteiger partial charge in [0, 0.05) is 25.5 Å². The van der Waals surface area contributed by atoms with Crippen LogP contribution in [0.4, 0.5) is 0 Å². The zero-order valence-electron chi connectivity index (χ0n) is 12.3. The van der Waals surface area contributed by atoms with Crippen molar-refractivity contribution in [3.63, 3.8) is 0 Å². The van der Waals surface area contributed by atoms with Gasteiger partial charge in [-0.05, 0) is 38.4 Å². The molecule has 0 aliphatic carbocycles. The third-order valence-corrected chi connectivity index (χ3v) is 3.93. The van der Waals surface area contributed by atoms with Gasteiger partial charge < -0.3 is 21.2 Å². The van der Waals surface area contributed by atoms with E-state index in [1.165, 1.54) is 6.20 Å². The molecule has 0 aromatic carbocycles. The molecule has 1 aliphatic rings. The zero-order chi connectivity index (χ0) is 15.5. The summed E-state index contributed by atoms with van der Waals surface area (Å²) in [5, 5.41) is 15.1. The molecule has 1 saturated heterocycles. The molecule has 1 aromatic rings. The van der Waals surface area contributed by atoms with Crippen LogP contribution in [0.25, 0.3) is 0 Å². The van der Waals surface area contributed by atoms with Gasteiger partial charge in [0.15, 0.2) is 5.84 Å². The molecule has 0 unspecified atom stereocenters. The number of amidine groups is 1. The number of hydrogen-bond donors (Lipinski definition) is 3. The van der Waals surface area contributed by atoms with Gasteiger partial charge in [-0.1, -0.05) is 5.16 Å². The summed E-state index contributed by atoms with van der Waals surface area (Å²) in [6.07, 6.45) is 4.40. The normalized spacial score (nSPS) is 19.2. The largest absolute Gasteiger partial charge is 0.409 e. The van der Waals surface area contributed by atoms with E-state index < -0.39 is 5.54 Å². The topological polar surface area (TPSA) is 104 Å². The first kappa shape index (κ1) is 15.2. The van der Waals surface area contributed by atoms with Gasteiger partial charge in [-0.2, -0.15) is 0 Å². The maximum Gasteiger partial charge on any atom is 0.253 e. The van der Waals surface area contributed by atoms with Crippen molar-refractivity contribution in [1.82, 2.24) is 15.2 Å². The van der Waals surface area contributed by atoms with Gasteiger partial charge in [0.1, 0.15) is 5.54 Å². The fraction of sp³-hybridized carbons (Fsp3) is 0.500. The molecule has 0 bridgehead atoms. The Morgan fingerprint density at radius 1 is 1.48 bits per heavy atom. The molecule has 1 aliphatic heterocycles. The van der Waals surface area contributed by atoms with Crippen LogP contribution in [0, 0.1) is 6.92 Å². The van der Waals surface area contributed by atoms with Gasteiger partial charge >= 0.3 is 0 Å². The van der Waals surface area contributed by atoms with Gasteiger partial charge in [-0.3, -0.25) is 9.78 Å². The SMILES string of the molecule is Cc1cncc(C(=O)NC2(C(N)=NO)CCN(C)CC2)c1. The quantitative estimate of drug-likeness (QED) is 0.322. The van der Waals surface area contributed by atoms with E-state index in [0.717, 1.165) is 18.7 Å². The monoisotopic (exact) mass is 291 g/mol. The van der Waals surface area contributed by atoms with E-state index in [9.17, 15) is 4.79 Å². The number of nitrogens with zero attached hydrogens (tertiary/aromatic N) is 3. The Morgan fingerprint density at radius 2 is 2.14 bits per heavy atom. The second-order valence-corrected chi connectivity index (χ2v) is 5.58. The lowest BCUT2D eigenvalue weighted by Gasteiger charge is -2.40. The summed E-state index contributed by atoms with van der Waals surface area (Å²) in [4.78, 5) is 18.6. The lowest BCUT2D eigenvalue weighted by molar-refractivity contribution is 0.0886. The van der Waals surface area contributed by atoms with Crippen LogP contribution in [-0.2, 0) is 0 Å². The molecule has 0 saturated carbocycles. The van der Waals surface area contributed by atoms with Crippen molar-refractivity contribution in [2.24, 2.45) is 10.9 Å². The molecule has 21 heavy (non-hydrogen) atoms. The zero-order valence-corrected chi connectivity index (χ0v) is 12.3. The van der Waals surface area contributed by atoms with E-state index >= 15 is 0 Å². The standard InChI is InChI=1S/C14H21N5O2/c1-10-7-11(9-16-8-10)12(20)17-14(13(15)18-21)3-5-19(2)6-4-14/h7-9,21H,3-6H2,1-2H3,(H2,15,18)(H,17,20). The van der Waals surface area contributed by atoms with Crippen molar-refractivity contribution in [3.05, 3.63) is 29.6 Å². The van der Waals surface area contributed by atoms with Crippen molar-refractivity contribution < 1.29 is 10.0 Å².